The number of rotatable bonds is 5. The van der Waals surface area contributed by atoms with Crippen LogP contribution in [0.1, 0.15) is 33.8 Å². The number of amides is 1. The second kappa shape index (κ2) is 6.86. The van der Waals surface area contributed by atoms with E-state index in [0.717, 1.165) is 5.56 Å². The Kier molecular flexibility index (Phi) is 4.46. The smallest absolute Gasteiger partial charge is 0.274 e. The Morgan fingerprint density at radius 3 is 2.67 bits per heavy atom. The van der Waals surface area contributed by atoms with Crippen molar-refractivity contribution in [2.45, 2.75) is 19.4 Å². The second-order valence-electron chi connectivity index (χ2n) is 5.17. The summed E-state index contributed by atoms with van der Waals surface area (Å²) in [5.74, 6) is 0.649. The van der Waals surface area contributed by atoms with Crippen molar-refractivity contribution in [3.8, 4) is 0 Å². The molecule has 0 aliphatic heterocycles. The lowest BCUT2D eigenvalue weighted by Crippen LogP contribution is -2.31. The summed E-state index contributed by atoms with van der Waals surface area (Å²) in [5.41, 5.74) is 6.71. The van der Waals surface area contributed by atoms with E-state index in [1.165, 1.54) is 12.4 Å². The van der Waals surface area contributed by atoms with E-state index in [0.29, 0.717) is 18.1 Å². The number of hydrogen-bond donors (Lipinski definition) is 2. The third-order valence-corrected chi connectivity index (χ3v) is 3.40. The Hall–Kier alpha value is -3.29. The minimum Gasteiger partial charge on any atom is -0.382 e. The van der Waals surface area contributed by atoms with Crippen LogP contribution < -0.4 is 11.1 Å². The Balaban J connectivity index is 1.85. The van der Waals surface area contributed by atoms with Gasteiger partial charge in [-0.15, -0.1) is 0 Å². The van der Waals surface area contributed by atoms with E-state index in [2.05, 4.69) is 25.4 Å². The molecule has 1 atom stereocenters. The lowest BCUT2D eigenvalue weighted by atomic mass is 10.0. The first kappa shape index (κ1) is 15.6. The van der Waals surface area contributed by atoms with Crippen LogP contribution in [0.25, 0.3) is 0 Å². The molecule has 3 N–H and O–H groups in total. The normalized spacial score (nSPS) is 11.9. The fourth-order valence-corrected chi connectivity index (χ4v) is 2.29. The third kappa shape index (κ3) is 3.54. The molecule has 2 aromatic heterocycles. The number of benzene rings is 1. The van der Waals surface area contributed by atoms with Crippen LogP contribution in [0.4, 0.5) is 5.82 Å². The quantitative estimate of drug-likeness (QED) is 0.729. The van der Waals surface area contributed by atoms with Crippen LogP contribution in [0.5, 0.6) is 0 Å². The van der Waals surface area contributed by atoms with Gasteiger partial charge >= 0.3 is 0 Å². The van der Waals surface area contributed by atoms with Gasteiger partial charge in [0.15, 0.2) is 17.3 Å². The molecule has 122 valence electrons. The third-order valence-electron chi connectivity index (χ3n) is 3.40. The Labute approximate surface area is 138 Å². The van der Waals surface area contributed by atoms with Gasteiger partial charge in [0.25, 0.3) is 5.91 Å². The predicted molar refractivity (Wildman–Crippen MR) is 85.8 cm³/mol. The molecule has 0 unspecified atom stereocenters. The van der Waals surface area contributed by atoms with Crippen LogP contribution in [0.3, 0.4) is 0 Å². The molecule has 2 heterocycles. The number of carbonyl (C=O) groups excluding carboxylic acids is 1. The van der Waals surface area contributed by atoms with E-state index in [1.807, 2.05) is 30.3 Å². The van der Waals surface area contributed by atoms with Gasteiger partial charge in [-0.05, 0) is 12.5 Å². The van der Waals surface area contributed by atoms with Gasteiger partial charge in [-0.3, -0.25) is 4.79 Å². The van der Waals surface area contributed by atoms with Gasteiger partial charge in [0.05, 0.1) is 12.5 Å². The van der Waals surface area contributed by atoms with Crippen LogP contribution in [0.2, 0.25) is 0 Å². The van der Waals surface area contributed by atoms with E-state index in [9.17, 15) is 4.79 Å². The number of hydrogen-bond acceptors (Lipinski definition) is 7. The van der Waals surface area contributed by atoms with Crippen molar-refractivity contribution >= 4 is 11.7 Å². The first-order chi connectivity index (χ1) is 11.6. The van der Waals surface area contributed by atoms with Crippen molar-refractivity contribution in [3.05, 3.63) is 65.7 Å². The fourth-order valence-electron chi connectivity index (χ4n) is 2.29. The first-order valence-corrected chi connectivity index (χ1v) is 7.35. The first-order valence-electron chi connectivity index (χ1n) is 7.35. The average molecular weight is 324 g/mol. The van der Waals surface area contributed by atoms with E-state index in [1.54, 1.807) is 6.92 Å². The molecule has 3 aromatic rings. The molecule has 0 saturated carbocycles. The number of aromatic nitrogens is 4. The number of carbonyl (C=O) groups is 1. The molecule has 8 heteroatoms. The highest BCUT2D eigenvalue weighted by Crippen LogP contribution is 2.18. The summed E-state index contributed by atoms with van der Waals surface area (Å²) in [5, 5.41) is 6.67. The van der Waals surface area contributed by atoms with Gasteiger partial charge in [-0.1, -0.05) is 35.5 Å². The highest BCUT2D eigenvalue weighted by Gasteiger charge is 2.21. The number of nitrogens with zero attached hydrogens (tertiary/aromatic N) is 4. The summed E-state index contributed by atoms with van der Waals surface area (Å²) >= 11 is 0. The van der Waals surface area contributed by atoms with Crippen molar-refractivity contribution in [1.29, 1.82) is 0 Å². The van der Waals surface area contributed by atoms with Crippen LogP contribution in [0.15, 0.2) is 47.2 Å². The maximum absolute atomic E-state index is 12.5. The van der Waals surface area contributed by atoms with Gasteiger partial charge in [-0.2, -0.15) is 4.98 Å². The molecule has 1 amide bonds. The standard InChI is InChI=1S/C16H16N6O2/c1-10-20-13(24-22-10)9-12(11-5-3-2-4-6-11)21-16(23)14-15(17)19-8-7-18-14/h2-8,12H,9H2,1H3,(H2,17,19)(H,21,23)/t12-/m1/s1. The van der Waals surface area contributed by atoms with Crippen molar-refractivity contribution < 1.29 is 9.32 Å². The molecule has 0 spiro atoms. The monoisotopic (exact) mass is 324 g/mol. The van der Waals surface area contributed by atoms with Crippen LogP contribution in [0, 0.1) is 6.92 Å². The number of aryl methyl sites for hydroxylation is 1. The zero-order valence-corrected chi connectivity index (χ0v) is 13.0. The SMILES string of the molecule is Cc1noc(C[C@@H](NC(=O)c2nccnc2N)c2ccccc2)n1. The number of nitrogens with two attached hydrogens (primary N) is 1. The molecule has 0 bridgehead atoms. The lowest BCUT2D eigenvalue weighted by Gasteiger charge is -2.17. The minimum atomic E-state index is -0.411. The van der Waals surface area contributed by atoms with Gasteiger partial charge < -0.3 is 15.6 Å². The molecule has 3 rings (SSSR count). The largest absolute Gasteiger partial charge is 0.382 e. The summed E-state index contributed by atoms with van der Waals surface area (Å²) in [6, 6.07) is 9.15. The molecule has 0 fully saturated rings. The summed E-state index contributed by atoms with van der Waals surface area (Å²) in [6.45, 7) is 1.74. The molecule has 24 heavy (non-hydrogen) atoms. The van der Waals surface area contributed by atoms with E-state index < -0.39 is 5.91 Å². The lowest BCUT2D eigenvalue weighted by molar-refractivity contribution is 0.0930. The van der Waals surface area contributed by atoms with Crippen LogP contribution in [-0.4, -0.2) is 26.0 Å². The number of nitrogen functional groups attached to an aromatic ring is 1. The minimum absolute atomic E-state index is 0.0791. The van der Waals surface area contributed by atoms with Gasteiger partial charge in [0.2, 0.25) is 5.89 Å². The Morgan fingerprint density at radius 2 is 2.00 bits per heavy atom. The summed E-state index contributed by atoms with van der Waals surface area (Å²) in [6.07, 6.45) is 3.21. The van der Waals surface area contributed by atoms with Crippen molar-refractivity contribution in [2.24, 2.45) is 0 Å². The molecule has 1 aromatic carbocycles. The van der Waals surface area contributed by atoms with Gasteiger partial charge in [0.1, 0.15) is 0 Å². The van der Waals surface area contributed by atoms with Crippen LogP contribution >= 0.6 is 0 Å². The fraction of sp³-hybridized carbons (Fsp3) is 0.188. The molecule has 0 aliphatic rings. The van der Waals surface area contributed by atoms with Crippen LogP contribution in [-0.2, 0) is 6.42 Å². The maximum atomic E-state index is 12.5. The van der Waals surface area contributed by atoms with Gasteiger partial charge in [-0.25, -0.2) is 9.97 Å². The Morgan fingerprint density at radius 1 is 1.25 bits per heavy atom. The maximum Gasteiger partial charge on any atom is 0.274 e. The van der Waals surface area contributed by atoms with E-state index >= 15 is 0 Å². The topological polar surface area (TPSA) is 120 Å². The second-order valence-corrected chi connectivity index (χ2v) is 5.17. The summed E-state index contributed by atoms with van der Waals surface area (Å²) < 4.78 is 5.16. The number of anilines is 1. The molecular formula is C16H16N6O2. The predicted octanol–water partition coefficient (Wildman–Crippen LogP) is 1.46. The molecule has 8 nitrogen and oxygen atoms in total. The average Bonchev–Trinajstić information content (AvgIpc) is 3.00. The molecular weight excluding hydrogens is 308 g/mol. The highest BCUT2D eigenvalue weighted by atomic mass is 16.5. The van der Waals surface area contributed by atoms with Crippen molar-refractivity contribution in [1.82, 2.24) is 25.4 Å². The van der Waals surface area contributed by atoms with Gasteiger partial charge in [0, 0.05) is 12.4 Å². The molecule has 0 radical (unpaired) electrons. The highest BCUT2D eigenvalue weighted by molar-refractivity contribution is 5.96. The molecule has 0 saturated heterocycles. The van der Waals surface area contributed by atoms with Crippen molar-refractivity contribution in [2.75, 3.05) is 5.73 Å². The summed E-state index contributed by atoms with van der Waals surface area (Å²) in [7, 11) is 0. The molecule has 0 aliphatic carbocycles. The van der Waals surface area contributed by atoms with Crippen molar-refractivity contribution in [3.63, 3.8) is 0 Å². The summed E-state index contributed by atoms with van der Waals surface area (Å²) in [4.78, 5) is 24.5. The Bertz CT molecular complexity index is 833. The number of nitrogens with one attached hydrogen (secondary N) is 1. The van der Waals surface area contributed by atoms with E-state index in [-0.39, 0.29) is 17.6 Å². The zero-order chi connectivity index (χ0) is 16.9. The zero-order valence-electron chi connectivity index (χ0n) is 13.0. The van der Waals surface area contributed by atoms with E-state index in [4.69, 9.17) is 10.3 Å².